The molecule has 0 aromatic rings. The molecule has 0 aromatic carbocycles. The van der Waals surface area contributed by atoms with Gasteiger partial charge >= 0.3 is 0 Å². The van der Waals surface area contributed by atoms with Crippen LogP contribution in [-0.2, 0) is 14.8 Å². The van der Waals surface area contributed by atoms with E-state index >= 15 is 0 Å². The average molecular weight is 356 g/mol. The Morgan fingerprint density at radius 1 is 1.29 bits per heavy atom. The summed E-state index contributed by atoms with van der Waals surface area (Å²) < 4.78 is 24.3. The molecular weight excluding hydrogens is 328 g/mol. The monoisotopic (exact) mass is 356 g/mol. The van der Waals surface area contributed by atoms with E-state index in [1.807, 2.05) is 7.05 Å². The first kappa shape index (κ1) is 19.3. The van der Waals surface area contributed by atoms with Gasteiger partial charge in [-0.25, -0.2) is 12.7 Å². The number of carbonyl (C=O) groups excluding carboxylic acids is 1. The Labute approximate surface area is 145 Å². The van der Waals surface area contributed by atoms with E-state index < -0.39 is 10.0 Å². The number of nitriles is 1. The molecule has 0 radical (unpaired) electrons. The van der Waals surface area contributed by atoms with Crippen LogP contribution in [0.1, 0.15) is 32.1 Å². The Hall–Kier alpha value is -1.01. The molecule has 0 unspecified atom stereocenters. The van der Waals surface area contributed by atoms with Gasteiger partial charge in [-0.2, -0.15) is 5.26 Å². The number of hydrogen-bond donors (Lipinski definition) is 1. The first-order valence-electron chi connectivity index (χ1n) is 8.53. The zero-order valence-electron chi connectivity index (χ0n) is 14.6. The Kier molecular flexibility index (Phi) is 6.37. The van der Waals surface area contributed by atoms with E-state index in [0.717, 1.165) is 45.1 Å². The number of nitrogens with one attached hydrogen (secondary N) is 1. The van der Waals surface area contributed by atoms with Crippen molar-refractivity contribution in [2.75, 3.05) is 39.5 Å². The van der Waals surface area contributed by atoms with Gasteiger partial charge in [0.15, 0.2) is 0 Å². The molecule has 3 heterocycles. The molecule has 3 rings (SSSR count). The summed E-state index contributed by atoms with van der Waals surface area (Å²) in [7, 11) is -1.05. The maximum atomic E-state index is 11.4. The number of rotatable bonds is 2. The number of likely N-dealkylation sites (tertiary alicyclic amines) is 1. The lowest BCUT2D eigenvalue weighted by molar-refractivity contribution is -0.109. The maximum Gasteiger partial charge on any atom is 0.211 e. The van der Waals surface area contributed by atoms with Crippen molar-refractivity contribution in [3.63, 3.8) is 0 Å². The fraction of sp³-hybridized carbons (Fsp3) is 0.875. The molecule has 24 heavy (non-hydrogen) atoms. The highest BCUT2D eigenvalue weighted by atomic mass is 32.2. The van der Waals surface area contributed by atoms with Gasteiger partial charge in [-0.05, 0) is 51.1 Å². The third-order valence-electron chi connectivity index (χ3n) is 5.48. The standard InChI is InChI=1S/C10H18N2O3S.C6H10N2/c1-16(14,15)12-4-2-10(3-5-12)6-9(7-13)11-8-10;1-8-4-2-3-6(8)5-7/h7,9,11H,2-6,8H2,1H3;6H,2-4H2,1H3/t9-;6-/m00/s1. The second-order valence-corrected chi connectivity index (χ2v) is 9.24. The zero-order valence-corrected chi connectivity index (χ0v) is 15.4. The van der Waals surface area contributed by atoms with Gasteiger partial charge in [0.2, 0.25) is 10.0 Å². The molecule has 7 nitrogen and oxygen atoms in total. The van der Waals surface area contributed by atoms with Crippen molar-refractivity contribution in [1.29, 1.82) is 5.26 Å². The van der Waals surface area contributed by atoms with E-state index in [-0.39, 0.29) is 17.5 Å². The van der Waals surface area contributed by atoms with Crippen molar-refractivity contribution >= 4 is 16.3 Å². The summed E-state index contributed by atoms with van der Waals surface area (Å²) in [4.78, 5) is 12.8. The van der Waals surface area contributed by atoms with Crippen molar-refractivity contribution in [2.24, 2.45) is 5.41 Å². The Bertz CT molecular complexity index is 579. The first-order valence-corrected chi connectivity index (χ1v) is 10.4. The summed E-state index contributed by atoms with van der Waals surface area (Å²) in [6.07, 6.45) is 7.04. The Morgan fingerprint density at radius 2 is 1.96 bits per heavy atom. The van der Waals surface area contributed by atoms with E-state index in [1.54, 1.807) is 0 Å². The Balaban J connectivity index is 0.000000219. The lowest BCUT2D eigenvalue weighted by Crippen LogP contribution is -2.43. The molecule has 3 fully saturated rings. The second-order valence-electron chi connectivity index (χ2n) is 7.26. The third-order valence-corrected chi connectivity index (χ3v) is 6.78. The predicted octanol–water partition coefficient (Wildman–Crippen LogP) is 0.193. The molecule has 8 heteroatoms. The number of nitrogens with zero attached hydrogens (tertiary/aromatic N) is 3. The fourth-order valence-electron chi connectivity index (χ4n) is 3.80. The normalized spacial score (nSPS) is 30.5. The molecule has 2 atom stereocenters. The van der Waals surface area contributed by atoms with Crippen LogP contribution in [0.2, 0.25) is 0 Å². The maximum absolute atomic E-state index is 11.4. The second kappa shape index (κ2) is 7.91. The number of carbonyl (C=O) groups is 1. The van der Waals surface area contributed by atoms with E-state index in [4.69, 9.17) is 5.26 Å². The van der Waals surface area contributed by atoms with Gasteiger partial charge in [0.05, 0.1) is 24.4 Å². The minimum atomic E-state index is -3.05. The highest BCUT2D eigenvalue weighted by Crippen LogP contribution is 2.39. The number of piperidine rings is 1. The molecule has 0 aromatic heterocycles. The first-order chi connectivity index (χ1) is 11.3. The van der Waals surface area contributed by atoms with E-state index in [1.165, 1.54) is 17.0 Å². The van der Waals surface area contributed by atoms with Gasteiger partial charge in [0, 0.05) is 19.6 Å². The summed E-state index contributed by atoms with van der Waals surface area (Å²) in [5.74, 6) is 0. The van der Waals surface area contributed by atoms with Crippen molar-refractivity contribution in [2.45, 2.75) is 44.2 Å². The SMILES string of the molecule is CN1CCC[C@H]1C#N.CS(=O)(=O)N1CCC2(CC1)CN[C@H](C=O)C2. The zero-order chi connectivity index (χ0) is 17.8. The van der Waals surface area contributed by atoms with Crippen LogP contribution in [0.4, 0.5) is 0 Å². The lowest BCUT2D eigenvalue weighted by Gasteiger charge is -2.37. The molecule has 1 spiro atoms. The molecule has 0 amide bonds. The van der Waals surface area contributed by atoms with Crippen LogP contribution >= 0.6 is 0 Å². The van der Waals surface area contributed by atoms with E-state index in [0.29, 0.717) is 13.1 Å². The Morgan fingerprint density at radius 3 is 2.33 bits per heavy atom. The molecule has 1 N–H and O–H groups in total. The summed E-state index contributed by atoms with van der Waals surface area (Å²) in [6, 6.07) is 2.41. The van der Waals surface area contributed by atoms with Gasteiger partial charge in [0.25, 0.3) is 0 Å². The highest BCUT2D eigenvalue weighted by Gasteiger charge is 2.42. The number of aldehydes is 1. The smallest absolute Gasteiger partial charge is 0.211 e. The molecule has 0 aliphatic carbocycles. The summed E-state index contributed by atoms with van der Waals surface area (Å²) in [5, 5.41) is 11.6. The van der Waals surface area contributed by atoms with Crippen LogP contribution in [0.3, 0.4) is 0 Å². The largest absolute Gasteiger partial charge is 0.307 e. The van der Waals surface area contributed by atoms with E-state index in [9.17, 15) is 13.2 Å². The van der Waals surface area contributed by atoms with Crippen LogP contribution < -0.4 is 5.32 Å². The number of sulfonamides is 1. The minimum Gasteiger partial charge on any atom is -0.307 e. The van der Waals surface area contributed by atoms with Crippen molar-refractivity contribution in [3.05, 3.63) is 0 Å². The summed E-state index contributed by atoms with van der Waals surface area (Å²) in [6.45, 7) is 3.12. The van der Waals surface area contributed by atoms with Gasteiger partial charge in [-0.15, -0.1) is 0 Å². The average Bonchev–Trinajstić information content (AvgIpc) is 3.14. The van der Waals surface area contributed by atoms with Crippen molar-refractivity contribution < 1.29 is 13.2 Å². The third kappa shape index (κ3) is 4.76. The molecule has 3 aliphatic rings. The quantitative estimate of drug-likeness (QED) is 0.710. The fourth-order valence-corrected chi connectivity index (χ4v) is 4.65. The van der Waals surface area contributed by atoms with Gasteiger partial charge in [-0.1, -0.05) is 0 Å². The van der Waals surface area contributed by atoms with Gasteiger partial charge in [0.1, 0.15) is 6.29 Å². The van der Waals surface area contributed by atoms with Crippen LogP contribution in [0.15, 0.2) is 0 Å². The topological polar surface area (TPSA) is 93.5 Å². The van der Waals surface area contributed by atoms with Gasteiger partial charge in [-0.3, -0.25) is 4.90 Å². The summed E-state index contributed by atoms with van der Waals surface area (Å²) >= 11 is 0. The molecule has 0 saturated carbocycles. The predicted molar refractivity (Wildman–Crippen MR) is 91.8 cm³/mol. The van der Waals surface area contributed by atoms with Crippen molar-refractivity contribution in [3.8, 4) is 6.07 Å². The van der Waals surface area contributed by atoms with Gasteiger partial charge < -0.3 is 10.1 Å². The lowest BCUT2D eigenvalue weighted by atomic mass is 9.77. The minimum absolute atomic E-state index is 0.0372. The van der Waals surface area contributed by atoms with Crippen LogP contribution in [0.5, 0.6) is 0 Å². The molecular formula is C16H28N4O3S. The van der Waals surface area contributed by atoms with Crippen LogP contribution in [-0.4, -0.2) is 75.5 Å². The van der Waals surface area contributed by atoms with Crippen molar-refractivity contribution in [1.82, 2.24) is 14.5 Å². The molecule has 3 saturated heterocycles. The molecule has 0 bridgehead atoms. The van der Waals surface area contributed by atoms with E-state index in [2.05, 4.69) is 16.3 Å². The van der Waals surface area contributed by atoms with Crippen LogP contribution in [0, 0.1) is 16.7 Å². The number of hydrogen-bond acceptors (Lipinski definition) is 6. The molecule has 136 valence electrons. The highest BCUT2D eigenvalue weighted by molar-refractivity contribution is 7.88. The molecule has 3 aliphatic heterocycles. The van der Waals surface area contributed by atoms with Crippen LogP contribution in [0.25, 0.3) is 0 Å². The summed E-state index contributed by atoms with van der Waals surface area (Å²) in [5.41, 5.74) is 0.146.